The van der Waals surface area contributed by atoms with Gasteiger partial charge in [0.15, 0.2) is 11.5 Å². The number of hydrogen-bond acceptors (Lipinski definition) is 6. The number of pyridine rings is 1. The van der Waals surface area contributed by atoms with Crippen molar-refractivity contribution in [1.29, 1.82) is 0 Å². The predicted octanol–water partition coefficient (Wildman–Crippen LogP) is 2.30. The molecule has 1 atom stereocenters. The van der Waals surface area contributed by atoms with Crippen molar-refractivity contribution in [3.8, 4) is 5.88 Å². The molecule has 4 heterocycles. The van der Waals surface area contributed by atoms with Gasteiger partial charge in [-0.2, -0.15) is 4.98 Å². The van der Waals surface area contributed by atoms with E-state index in [9.17, 15) is 9.18 Å². The summed E-state index contributed by atoms with van der Waals surface area (Å²) in [4.78, 5) is 25.7. The van der Waals surface area contributed by atoms with E-state index >= 15 is 0 Å². The highest BCUT2D eigenvalue weighted by atomic mass is 19.1. The molecule has 1 aliphatic rings. The summed E-state index contributed by atoms with van der Waals surface area (Å²) in [6.45, 7) is 5.69. The molecule has 2 N–H and O–H groups in total. The maximum absolute atomic E-state index is 14.2. The summed E-state index contributed by atoms with van der Waals surface area (Å²) in [7, 11) is 0. The lowest BCUT2D eigenvalue weighted by Crippen LogP contribution is -2.18. The van der Waals surface area contributed by atoms with Gasteiger partial charge < -0.3 is 19.8 Å². The molecular formula is C19H21FN6O2. The minimum atomic E-state index is -0.517. The van der Waals surface area contributed by atoms with Crippen LogP contribution in [0.5, 0.6) is 5.88 Å². The number of nitrogens with one attached hydrogen (secondary N) is 2. The van der Waals surface area contributed by atoms with Crippen LogP contribution >= 0.6 is 0 Å². The monoisotopic (exact) mass is 384 g/mol. The van der Waals surface area contributed by atoms with E-state index in [2.05, 4.69) is 25.6 Å². The van der Waals surface area contributed by atoms with Crippen LogP contribution in [0.15, 0.2) is 24.7 Å². The summed E-state index contributed by atoms with van der Waals surface area (Å²) in [5, 5.41) is 5.96. The fourth-order valence-electron chi connectivity index (χ4n) is 3.30. The lowest BCUT2D eigenvalue weighted by molar-refractivity contribution is 0.102. The van der Waals surface area contributed by atoms with Crippen LogP contribution in [0.4, 0.5) is 10.1 Å². The zero-order valence-corrected chi connectivity index (χ0v) is 15.7. The minimum Gasteiger partial charge on any atom is -0.477 e. The van der Waals surface area contributed by atoms with Gasteiger partial charge in [-0.3, -0.25) is 4.79 Å². The second-order valence-electron chi connectivity index (χ2n) is 6.71. The molecule has 1 unspecified atom stereocenters. The number of aromatic nitrogens is 4. The SMILES string of the molecule is CCOc1nc(C2CCNC2)ncc1C(=O)Nc1cc(F)c2nc(C)cn2c1. The first-order valence-electron chi connectivity index (χ1n) is 9.21. The Bertz CT molecular complexity index is 1030. The second kappa shape index (κ2) is 7.51. The van der Waals surface area contributed by atoms with E-state index in [4.69, 9.17) is 4.74 Å². The molecule has 0 aromatic carbocycles. The molecule has 1 fully saturated rings. The first-order chi connectivity index (χ1) is 13.5. The standard InChI is InChI=1S/C19H21FN6O2/c1-3-28-19-14(8-22-16(25-19)12-4-5-21-7-12)18(27)24-13-6-15(20)17-23-11(2)9-26(17)10-13/h6,8-10,12,21H,3-5,7H2,1-2H3,(H,24,27). The number of aryl methyl sites for hydroxylation is 1. The largest absolute Gasteiger partial charge is 0.477 e. The van der Waals surface area contributed by atoms with E-state index in [1.165, 1.54) is 16.7 Å². The Labute approximate surface area is 161 Å². The fraction of sp³-hybridized carbons (Fsp3) is 0.368. The van der Waals surface area contributed by atoms with Crippen LogP contribution in [-0.4, -0.2) is 45.0 Å². The quantitative estimate of drug-likeness (QED) is 0.701. The molecule has 3 aromatic heterocycles. The number of anilines is 1. The number of fused-ring (bicyclic) bond motifs is 1. The molecule has 0 aliphatic carbocycles. The van der Waals surface area contributed by atoms with Crippen molar-refractivity contribution in [3.05, 3.63) is 47.6 Å². The third-order valence-corrected chi connectivity index (χ3v) is 4.61. The molecule has 8 nitrogen and oxygen atoms in total. The van der Waals surface area contributed by atoms with Crippen molar-refractivity contribution in [1.82, 2.24) is 24.7 Å². The van der Waals surface area contributed by atoms with Gasteiger partial charge in [0.05, 0.1) is 18.0 Å². The Hall–Kier alpha value is -3.07. The van der Waals surface area contributed by atoms with Crippen LogP contribution in [0, 0.1) is 12.7 Å². The predicted molar refractivity (Wildman–Crippen MR) is 101 cm³/mol. The summed E-state index contributed by atoms with van der Waals surface area (Å²) >= 11 is 0. The van der Waals surface area contributed by atoms with E-state index in [-0.39, 0.29) is 23.0 Å². The number of halogens is 1. The van der Waals surface area contributed by atoms with E-state index < -0.39 is 11.7 Å². The van der Waals surface area contributed by atoms with E-state index in [0.29, 0.717) is 23.8 Å². The normalized spacial score (nSPS) is 16.5. The van der Waals surface area contributed by atoms with Crippen molar-refractivity contribution in [2.24, 2.45) is 0 Å². The van der Waals surface area contributed by atoms with Gasteiger partial charge in [-0.25, -0.2) is 14.4 Å². The van der Waals surface area contributed by atoms with Gasteiger partial charge in [-0.05, 0) is 26.8 Å². The van der Waals surface area contributed by atoms with E-state index in [1.54, 1.807) is 19.3 Å². The van der Waals surface area contributed by atoms with Crippen LogP contribution < -0.4 is 15.4 Å². The Balaban J connectivity index is 1.61. The Morgan fingerprint density at radius 1 is 1.43 bits per heavy atom. The van der Waals surface area contributed by atoms with Gasteiger partial charge in [0.2, 0.25) is 5.88 Å². The number of rotatable bonds is 5. The van der Waals surface area contributed by atoms with Crippen molar-refractivity contribution in [2.75, 3.05) is 25.0 Å². The zero-order chi connectivity index (χ0) is 19.7. The second-order valence-corrected chi connectivity index (χ2v) is 6.71. The van der Waals surface area contributed by atoms with Gasteiger partial charge in [0.1, 0.15) is 11.4 Å². The Kier molecular flexibility index (Phi) is 4.91. The third-order valence-electron chi connectivity index (χ3n) is 4.61. The Morgan fingerprint density at radius 3 is 3.04 bits per heavy atom. The van der Waals surface area contributed by atoms with Gasteiger partial charge >= 0.3 is 0 Å². The van der Waals surface area contributed by atoms with Crippen molar-refractivity contribution in [2.45, 2.75) is 26.2 Å². The number of carbonyl (C=O) groups is 1. The average Bonchev–Trinajstić information content (AvgIpc) is 3.31. The van der Waals surface area contributed by atoms with Crippen LogP contribution in [-0.2, 0) is 0 Å². The number of nitrogens with zero attached hydrogens (tertiary/aromatic N) is 4. The summed E-state index contributed by atoms with van der Waals surface area (Å²) in [5.41, 5.74) is 1.41. The van der Waals surface area contributed by atoms with Gasteiger partial charge in [-0.15, -0.1) is 0 Å². The summed E-state index contributed by atoms with van der Waals surface area (Å²) in [6.07, 6.45) is 5.71. The van der Waals surface area contributed by atoms with Crippen LogP contribution in [0.1, 0.15) is 41.1 Å². The molecule has 1 amide bonds. The molecule has 1 aliphatic heterocycles. The summed E-state index contributed by atoms with van der Waals surface area (Å²) in [5.74, 6) is 0.118. The number of hydrogen-bond donors (Lipinski definition) is 2. The minimum absolute atomic E-state index is 0.206. The zero-order valence-electron chi connectivity index (χ0n) is 15.7. The molecule has 1 saturated heterocycles. The number of carbonyl (C=O) groups excluding carboxylic acids is 1. The number of amides is 1. The highest BCUT2D eigenvalue weighted by Crippen LogP contribution is 2.24. The van der Waals surface area contributed by atoms with Gasteiger partial charge in [-0.1, -0.05) is 0 Å². The van der Waals surface area contributed by atoms with Gasteiger partial charge in [0.25, 0.3) is 5.91 Å². The summed E-state index contributed by atoms with van der Waals surface area (Å²) in [6, 6.07) is 1.24. The van der Waals surface area contributed by atoms with Crippen molar-refractivity contribution >= 4 is 17.2 Å². The Morgan fingerprint density at radius 2 is 2.29 bits per heavy atom. The third kappa shape index (κ3) is 3.53. The smallest absolute Gasteiger partial charge is 0.262 e. The topological polar surface area (TPSA) is 93.4 Å². The first-order valence-corrected chi connectivity index (χ1v) is 9.21. The average molecular weight is 384 g/mol. The molecule has 146 valence electrons. The molecular weight excluding hydrogens is 363 g/mol. The molecule has 3 aromatic rings. The fourth-order valence-corrected chi connectivity index (χ4v) is 3.30. The molecule has 28 heavy (non-hydrogen) atoms. The van der Waals surface area contributed by atoms with Crippen molar-refractivity contribution in [3.63, 3.8) is 0 Å². The molecule has 0 bridgehead atoms. The van der Waals surface area contributed by atoms with E-state index in [0.717, 1.165) is 19.5 Å². The van der Waals surface area contributed by atoms with Crippen LogP contribution in [0.2, 0.25) is 0 Å². The molecule has 0 radical (unpaired) electrons. The highest BCUT2D eigenvalue weighted by molar-refractivity contribution is 6.05. The first kappa shape index (κ1) is 18.3. The van der Waals surface area contributed by atoms with Gasteiger partial charge in [0, 0.05) is 37.1 Å². The number of ether oxygens (including phenoxy) is 1. The summed E-state index contributed by atoms with van der Waals surface area (Å²) < 4.78 is 21.4. The lowest BCUT2D eigenvalue weighted by atomic mass is 10.1. The highest BCUT2D eigenvalue weighted by Gasteiger charge is 2.23. The number of imidazole rings is 1. The lowest BCUT2D eigenvalue weighted by Gasteiger charge is -2.13. The van der Waals surface area contributed by atoms with Crippen LogP contribution in [0.25, 0.3) is 5.65 Å². The molecule has 0 saturated carbocycles. The van der Waals surface area contributed by atoms with Crippen LogP contribution in [0.3, 0.4) is 0 Å². The maximum atomic E-state index is 14.2. The van der Waals surface area contributed by atoms with E-state index in [1.807, 2.05) is 6.92 Å². The maximum Gasteiger partial charge on any atom is 0.262 e. The molecule has 9 heteroatoms. The molecule has 4 rings (SSSR count). The van der Waals surface area contributed by atoms with Crippen molar-refractivity contribution < 1.29 is 13.9 Å². The molecule has 0 spiro atoms.